The van der Waals surface area contributed by atoms with Crippen LogP contribution in [0.5, 0.6) is 5.75 Å². The number of aryl methyl sites for hydroxylation is 2. The second-order valence-corrected chi connectivity index (χ2v) is 5.93. The molecule has 1 N–H and O–H groups in total. The first-order valence-electron chi connectivity index (χ1n) is 7.76. The molecule has 0 fully saturated rings. The molecule has 0 saturated heterocycles. The van der Waals surface area contributed by atoms with Crippen LogP contribution in [-0.2, 0) is 19.3 Å². The summed E-state index contributed by atoms with van der Waals surface area (Å²) in [4.78, 5) is 0. The number of methoxy groups -OCH3 is 1. The number of anilines is 1. The lowest BCUT2D eigenvalue weighted by Crippen LogP contribution is -2.18. The van der Waals surface area contributed by atoms with E-state index in [1.807, 2.05) is 12.1 Å². The summed E-state index contributed by atoms with van der Waals surface area (Å²) in [6.45, 7) is 2.23. The van der Waals surface area contributed by atoms with Crippen molar-refractivity contribution in [2.24, 2.45) is 0 Å². The minimum absolute atomic E-state index is 0.415. The molecule has 1 aliphatic carbocycles. The fourth-order valence-electron chi connectivity index (χ4n) is 3.11. The van der Waals surface area contributed by atoms with Crippen molar-refractivity contribution in [1.82, 2.24) is 0 Å². The zero-order valence-corrected chi connectivity index (χ0v) is 12.9. The maximum atomic E-state index is 5.20. The number of ether oxygens (including phenoxy) is 1. The predicted octanol–water partition coefficient (Wildman–Crippen LogP) is 4.23. The average Bonchev–Trinajstić information content (AvgIpc) is 2.95. The van der Waals surface area contributed by atoms with Gasteiger partial charge in [0.2, 0.25) is 0 Å². The van der Waals surface area contributed by atoms with Crippen molar-refractivity contribution in [2.75, 3.05) is 12.4 Å². The van der Waals surface area contributed by atoms with Gasteiger partial charge in [-0.25, -0.2) is 0 Å². The molecule has 110 valence electrons. The first-order chi connectivity index (χ1) is 10.2. The number of benzene rings is 2. The van der Waals surface area contributed by atoms with E-state index in [0.717, 1.165) is 12.2 Å². The molecule has 2 nitrogen and oxygen atoms in total. The third-order valence-electron chi connectivity index (χ3n) is 4.21. The molecular weight excluding hydrogens is 258 g/mol. The number of hydrogen-bond donors (Lipinski definition) is 1. The second-order valence-electron chi connectivity index (χ2n) is 5.93. The minimum atomic E-state index is 0.415. The van der Waals surface area contributed by atoms with E-state index in [1.54, 1.807) is 7.11 Å². The molecule has 1 aliphatic rings. The highest BCUT2D eigenvalue weighted by molar-refractivity contribution is 5.50. The summed E-state index contributed by atoms with van der Waals surface area (Å²) in [7, 11) is 1.70. The van der Waals surface area contributed by atoms with Crippen LogP contribution < -0.4 is 10.1 Å². The van der Waals surface area contributed by atoms with Crippen LogP contribution in [0.3, 0.4) is 0 Å². The van der Waals surface area contributed by atoms with Crippen molar-refractivity contribution < 1.29 is 4.74 Å². The summed E-state index contributed by atoms with van der Waals surface area (Å²) in [5, 5.41) is 3.62. The van der Waals surface area contributed by atoms with Gasteiger partial charge in [-0.1, -0.05) is 18.2 Å². The molecule has 1 unspecified atom stereocenters. The normalized spacial score (nSPS) is 14.6. The van der Waals surface area contributed by atoms with Gasteiger partial charge in [0, 0.05) is 11.7 Å². The molecule has 2 aromatic rings. The topological polar surface area (TPSA) is 21.3 Å². The number of hydrogen-bond acceptors (Lipinski definition) is 2. The molecule has 2 aromatic carbocycles. The van der Waals surface area contributed by atoms with Gasteiger partial charge in [0.1, 0.15) is 5.75 Å². The fraction of sp³-hybridized carbons (Fsp3) is 0.368. The van der Waals surface area contributed by atoms with Gasteiger partial charge < -0.3 is 10.1 Å². The summed E-state index contributed by atoms with van der Waals surface area (Å²) in [6.07, 6.45) is 4.80. The SMILES string of the molecule is COc1ccc(CC(C)Nc2ccc3c(c2)CCC3)cc1. The van der Waals surface area contributed by atoms with E-state index in [0.29, 0.717) is 6.04 Å². The number of fused-ring (bicyclic) bond motifs is 1. The zero-order valence-electron chi connectivity index (χ0n) is 12.9. The third kappa shape index (κ3) is 3.38. The van der Waals surface area contributed by atoms with Crippen molar-refractivity contribution >= 4 is 5.69 Å². The standard InChI is InChI=1S/C19H23NO/c1-14(12-15-6-10-19(21-2)11-7-15)20-18-9-8-16-4-3-5-17(16)13-18/h6-11,13-14,20H,3-5,12H2,1-2H3. The Kier molecular flexibility index (Phi) is 4.14. The fourth-order valence-corrected chi connectivity index (χ4v) is 3.11. The van der Waals surface area contributed by atoms with Crippen molar-refractivity contribution in [1.29, 1.82) is 0 Å². The van der Waals surface area contributed by atoms with E-state index < -0.39 is 0 Å². The van der Waals surface area contributed by atoms with Gasteiger partial charge in [0.25, 0.3) is 0 Å². The molecular formula is C19H23NO. The van der Waals surface area contributed by atoms with Crippen LogP contribution in [0.1, 0.15) is 30.0 Å². The highest BCUT2D eigenvalue weighted by Crippen LogP contribution is 2.25. The Labute approximate surface area is 127 Å². The van der Waals surface area contributed by atoms with Crippen LogP contribution in [0.2, 0.25) is 0 Å². The molecule has 2 heteroatoms. The lowest BCUT2D eigenvalue weighted by molar-refractivity contribution is 0.414. The van der Waals surface area contributed by atoms with Crippen molar-refractivity contribution in [2.45, 2.75) is 38.6 Å². The van der Waals surface area contributed by atoms with E-state index in [1.165, 1.54) is 41.6 Å². The lowest BCUT2D eigenvalue weighted by Gasteiger charge is -2.16. The van der Waals surface area contributed by atoms with Crippen LogP contribution in [-0.4, -0.2) is 13.2 Å². The maximum Gasteiger partial charge on any atom is 0.118 e. The van der Waals surface area contributed by atoms with E-state index >= 15 is 0 Å². The Morgan fingerprint density at radius 3 is 2.57 bits per heavy atom. The Hall–Kier alpha value is -1.96. The largest absolute Gasteiger partial charge is 0.497 e. The first-order valence-corrected chi connectivity index (χ1v) is 7.76. The molecule has 0 saturated carbocycles. The molecule has 0 amide bonds. The van der Waals surface area contributed by atoms with Crippen LogP contribution in [0.15, 0.2) is 42.5 Å². The summed E-state index contributed by atoms with van der Waals surface area (Å²) in [5.74, 6) is 0.915. The number of rotatable bonds is 5. The summed E-state index contributed by atoms with van der Waals surface area (Å²) in [6, 6.07) is 15.6. The number of nitrogens with one attached hydrogen (secondary N) is 1. The quantitative estimate of drug-likeness (QED) is 0.885. The molecule has 0 heterocycles. The van der Waals surface area contributed by atoms with Crippen LogP contribution >= 0.6 is 0 Å². The van der Waals surface area contributed by atoms with Crippen molar-refractivity contribution in [3.05, 3.63) is 59.2 Å². The van der Waals surface area contributed by atoms with E-state index in [2.05, 4.69) is 42.6 Å². The van der Waals surface area contributed by atoms with Gasteiger partial charge in [0.05, 0.1) is 7.11 Å². The van der Waals surface area contributed by atoms with Gasteiger partial charge >= 0.3 is 0 Å². The minimum Gasteiger partial charge on any atom is -0.497 e. The molecule has 1 atom stereocenters. The Morgan fingerprint density at radius 2 is 1.81 bits per heavy atom. The van der Waals surface area contributed by atoms with Crippen LogP contribution in [0.4, 0.5) is 5.69 Å². The molecule has 0 aromatic heterocycles. The summed E-state index contributed by atoms with van der Waals surface area (Å²) in [5.41, 5.74) is 5.63. The molecule has 0 radical (unpaired) electrons. The Bertz CT molecular complexity index is 603. The van der Waals surface area contributed by atoms with Gasteiger partial charge in [-0.3, -0.25) is 0 Å². The zero-order chi connectivity index (χ0) is 14.7. The maximum absolute atomic E-state index is 5.20. The van der Waals surface area contributed by atoms with E-state index in [9.17, 15) is 0 Å². The Morgan fingerprint density at radius 1 is 1.05 bits per heavy atom. The van der Waals surface area contributed by atoms with Crippen LogP contribution in [0, 0.1) is 0 Å². The van der Waals surface area contributed by atoms with Crippen molar-refractivity contribution in [3.63, 3.8) is 0 Å². The highest BCUT2D eigenvalue weighted by Gasteiger charge is 2.11. The van der Waals surface area contributed by atoms with Gasteiger partial charge in [-0.15, -0.1) is 0 Å². The van der Waals surface area contributed by atoms with Gasteiger partial charge in [0.15, 0.2) is 0 Å². The average molecular weight is 281 g/mol. The molecule has 0 bridgehead atoms. The summed E-state index contributed by atoms with van der Waals surface area (Å²) < 4.78 is 5.20. The second kappa shape index (κ2) is 6.21. The van der Waals surface area contributed by atoms with Crippen LogP contribution in [0.25, 0.3) is 0 Å². The van der Waals surface area contributed by atoms with Crippen molar-refractivity contribution in [3.8, 4) is 5.75 Å². The third-order valence-corrected chi connectivity index (χ3v) is 4.21. The van der Waals surface area contributed by atoms with E-state index in [-0.39, 0.29) is 0 Å². The molecule has 0 aliphatic heterocycles. The molecule has 3 rings (SSSR count). The van der Waals surface area contributed by atoms with Gasteiger partial charge in [-0.05, 0) is 73.6 Å². The lowest BCUT2D eigenvalue weighted by atomic mass is 10.1. The van der Waals surface area contributed by atoms with E-state index in [4.69, 9.17) is 4.74 Å². The highest BCUT2D eigenvalue weighted by atomic mass is 16.5. The first kappa shape index (κ1) is 14.0. The summed E-state index contributed by atoms with van der Waals surface area (Å²) >= 11 is 0. The monoisotopic (exact) mass is 281 g/mol. The Balaban J connectivity index is 1.61. The molecule has 0 spiro atoms. The predicted molar refractivity (Wildman–Crippen MR) is 88.2 cm³/mol. The molecule has 21 heavy (non-hydrogen) atoms. The smallest absolute Gasteiger partial charge is 0.118 e. The van der Waals surface area contributed by atoms with Gasteiger partial charge in [-0.2, -0.15) is 0 Å².